The zero-order chi connectivity index (χ0) is 10.6. The van der Waals surface area contributed by atoms with Crippen molar-refractivity contribution in [2.24, 2.45) is 0 Å². The summed E-state index contributed by atoms with van der Waals surface area (Å²) < 4.78 is 0. The zero-order valence-corrected chi connectivity index (χ0v) is 8.97. The molecule has 0 spiro atoms. The van der Waals surface area contributed by atoms with E-state index < -0.39 is 5.54 Å². The van der Waals surface area contributed by atoms with Crippen LogP contribution in [-0.2, 0) is 4.79 Å². The van der Waals surface area contributed by atoms with Crippen molar-refractivity contribution in [2.45, 2.75) is 44.7 Å². The number of aliphatic hydroxyl groups is 1. The molecule has 3 N–H and O–H groups in total. The first-order chi connectivity index (χ1) is 6.62. The Kier molecular flexibility index (Phi) is 3.89. The third-order valence-electron chi connectivity index (χ3n) is 2.92. The van der Waals surface area contributed by atoms with E-state index in [2.05, 4.69) is 10.6 Å². The largest absolute Gasteiger partial charge is 0.394 e. The lowest BCUT2D eigenvalue weighted by Crippen LogP contribution is -2.54. The van der Waals surface area contributed by atoms with Crippen LogP contribution in [0.5, 0.6) is 0 Å². The van der Waals surface area contributed by atoms with Gasteiger partial charge in [-0.2, -0.15) is 0 Å². The van der Waals surface area contributed by atoms with Crippen molar-refractivity contribution in [3.05, 3.63) is 0 Å². The minimum absolute atomic E-state index is 0.0101. The molecule has 4 nitrogen and oxygen atoms in total. The van der Waals surface area contributed by atoms with Crippen LogP contribution in [0.15, 0.2) is 0 Å². The quantitative estimate of drug-likeness (QED) is 0.599. The van der Waals surface area contributed by atoms with E-state index in [1.54, 1.807) is 0 Å². The van der Waals surface area contributed by atoms with E-state index in [0.717, 1.165) is 25.8 Å². The van der Waals surface area contributed by atoms with E-state index >= 15 is 0 Å². The van der Waals surface area contributed by atoms with Gasteiger partial charge in [0.2, 0.25) is 5.91 Å². The lowest BCUT2D eigenvalue weighted by molar-refractivity contribution is -0.127. The maximum absolute atomic E-state index is 11.8. The van der Waals surface area contributed by atoms with Crippen LogP contribution in [0.1, 0.15) is 33.1 Å². The fourth-order valence-corrected chi connectivity index (χ4v) is 1.71. The third kappa shape index (κ3) is 2.45. The molecule has 1 unspecified atom stereocenters. The molecule has 1 rings (SSSR count). The van der Waals surface area contributed by atoms with Crippen LogP contribution in [0.4, 0.5) is 0 Å². The summed E-state index contributed by atoms with van der Waals surface area (Å²) in [7, 11) is 0. The maximum Gasteiger partial charge on any atom is 0.240 e. The van der Waals surface area contributed by atoms with Gasteiger partial charge in [0, 0.05) is 0 Å². The highest BCUT2D eigenvalue weighted by atomic mass is 16.3. The van der Waals surface area contributed by atoms with Crippen LogP contribution in [0.3, 0.4) is 0 Å². The number of hydrogen-bond acceptors (Lipinski definition) is 3. The van der Waals surface area contributed by atoms with Gasteiger partial charge in [0.25, 0.3) is 0 Å². The van der Waals surface area contributed by atoms with Crippen molar-refractivity contribution in [1.29, 1.82) is 0 Å². The molecule has 1 heterocycles. The van der Waals surface area contributed by atoms with Gasteiger partial charge in [0.15, 0.2) is 0 Å². The molecule has 4 heteroatoms. The number of aliphatic hydroxyl groups excluding tert-OH is 1. The molecule has 1 aliphatic rings. The maximum atomic E-state index is 11.8. The highest BCUT2D eigenvalue weighted by Crippen LogP contribution is 2.18. The van der Waals surface area contributed by atoms with Crippen LogP contribution >= 0.6 is 0 Å². The Hall–Kier alpha value is -0.610. The van der Waals surface area contributed by atoms with Gasteiger partial charge in [0.05, 0.1) is 18.2 Å². The molecule has 0 radical (unpaired) electrons. The predicted octanol–water partition coefficient (Wildman–Crippen LogP) is 0.0156. The predicted molar refractivity (Wildman–Crippen MR) is 54.9 cm³/mol. The molecule has 1 aliphatic heterocycles. The summed E-state index contributed by atoms with van der Waals surface area (Å²) in [5.74, 6) is 0.0101. The Morgan fingerprint density at radius 3 is 2.86 bits per heavy atom. The number of carbonyl (C=O) groups is 1. The molecule has 1 saturated heterocycles. The average Bonchev–Trinajstić information content (AvgIpc) is 2.62. The number of amides is 1. The van der Waals surface area contributed by atoms with Gasteiger partial charge < -0.3 is 15.7 Å². The number of hydrogen-bond donors (Lipinski definition) is 3. The smallest absolute Gasteiger partial charge is 0.240 e. The molecule has 1 fully saturated rings. The van der Waals surface area contributed by atoms with Crippen LogP contribution < -0.4 is 10.6 Å². The fourth-order valence-electron chi connectivity index (χ4n) is 1.71. The normalized spacial score (nSPS) is 28.8. The van der Waals surface area contributed by atoms with Gasteiger partial charge in [-0.3, -0.25) is 4.79 Å². The fraction of sp³-hybridized carbons (Fsp3) is 0.900. The average molecular weight is 200 g/mol. The summed E-state index contributed by atoms with van der Waals surface area (Å²) in [5, 5.41) is 15.0. The van der Waals surface area contributed by atoms with E-state index in [9.17, 15) is 4.79 Å². The van der Waals surface area contributed by atoms with Crippen LogP contribution in [-0.4, -0.2) is 35.7 Å². The van der Waals surface area contributed by atoms with E-state index in [-0.39, 0.29) is 18.6 Å². The van der Waals surface area contributed by atoms with Gasteiger partial charge in [0.1, 0.15) is 0 Å². The standard InChI is InChI=1S/C10H20N2O2/c1-3-8(7-13)12-9(14)10(2)5-4-6-11-10/h8,11,13H,3-7H2,1-2H3,(H,12,14)/t8-,10?/m1/s1. The SMILES string of the molecule is CC[C@H](CO)NC(=O)C1(C)CCCN1. The van der Waals surface area contributed by atoms with Crippen molar-refractivity contribution in [3.8, 4) is 0 Å². The molecule has 0 bridgehead atoms. The second kappa shape index (κ2) is 4.75. The van der Waals surface area contributed by atoms with Crippen molar-refractivity contribution >= 4 is 5.91 Å². The first-order valence-corrected chi connectivity index (χ1v) is 5.29. The Morgan fingerprint density at radius 2 is 2.43 bits per heavy atom. The molecule has 0 saturated carbocycles. The number of rotatable bonds is 4. The molecule has 82 valence electrons. The summed E-state index contributed by atoms with van der Waals surface area (Å²) in [4.78, 5) is 11.8. The molecule has 0 aromatic carbocycles. The molecular formula is C10H20N2O2. The molecule has 1 amide bonds. The monoisotopic (exact) mass is 200 g/mol. The Labute approximate surface area is 85.1 Å². The molecule has 2 atom stereocenters. The number of nitrogens with one attached hydrogen (secondary N) is 2. The topological polar surface area (TPSA) is 61.4 Å². The van der Waals surface area contributed by atoms with E-state index in [0.29, 0.717) is 0 Å². The van der Waals surface area contributed by atoms with Crippen molar-refractivity contribution in [2.75, 3.05) is 13.2 Å². The van der Waals surface area contributed by atoms with Crippen molar-refractivity contribution in [1.82, 2.24) is 10.6 Å². The Morgan fingerprint density at radius 1 is 1.71 bits per heavy atom. The minimum atomic E-state index is -0.428. The van der Waals surface area contributed by atoms with Gasteiger partial charge in [-0.05, 0) is 32.7 Å². The molecule has 0 aromatic rings. The first-order valence-electron chi connectivity index (χ1n) is 5.29. The van der Waals surface area contributed by atoms with Crippen molar-refractivity contribution in [3.63, 3.8) is 0 Å². The number of carbonyl (C=O) groups excluding carboxylic acids is 1. The summed E-state index contributed by atoms with van der Waals surface area (Å²) in [6, 6.07) is -0.110. The van der Waals surface area contributed by atoms with Gasteiger partial charge >= 0.3 is 0 Å². The summed E-state index contributed by atoms with van der Waals surface area (Å²) in [6.07, 6.45) is 2.68. The Balaban J connectivity index is 2.48. The van der Waals surface area contributed by atoms with Crippen LogP contribution in [0, 0.1) is 0 Å². The summed E-state index contributed by atoms with van der Waals surface area (Å²) in [6.45, 7) is 4.78. The Bertz CT molecular complexity index is 196. The van der Waals surface area contributed by atoms with E-state index in [1.165, 1.54) is 0 Å². The lowest BCUT2D eigenvalue weighted by Gasteiger charge is -2.25. The molecular weight excluding hydrogens is 180 g/mol. The third-order valence-corrected chi connectivity index (χ3v) is 2.92. The summed E-state index contributed by atoms with van der Waals surface area (Å²) in [5.41, 5.74) is -0.428. The second-order valence-electron chi connectivity index (χ2n) is 4.12. The highest BCUT2D eigenvalue weighted by Gasteiger charge is 2.36. The molecule has 14 heavy (non-hydrogen) atoms. The zero-order valence-electron chi connectivity index (χ0n) is 8.97. The van der Waals surface area contributed by atoms with Crippen LogP contribution in [0.2, 0.25) is 0 Å². The van der Waals surface area contributed by atoms with Gasteiger partial charge in [-0.1, -0.05) is 6.92 Å². The van der Waals surface area contributed by atoms with Gasteiger partial charge in [-0.15, -0.1) is 0 Å². The lowest BCUT2D eigenvalue weighted by atomic mass is 9.99. The minimum Gasteiger partial charge on any atom is -0.394 e. The highest BCUT2D eigenvalue weighted by molar-refractivity contribution is 5.86. The van der Waals surface area contributed by atoms with E-state index in [1.807, 2.05) is 13.8 Å². The molecule has 0 aliphatic carbocycles. The van der Waals surface area contributed by atoms with E-state index in [4.69, 9.17) is 5.11 Å². The van der Waals surface area contributed by atoms with Crippen LogP contribution in [0.25, 0.3) is 0 Å². The second-order valence-corrected chi connectivity index (χ2v) is 4.12. The van der Waals surface area contributed by atoms with Crippen molar-refractivity contribution < 1.29 is 9.90 Å². The van der Waals surface area contributed by atoms with Gasteiger partial charge in [-0.25, -0.2) is 0 Å². The summed E-state index contributed by atoms with van der Waals surface area (Å²) >= 11 is 0. The first kappa shape index (κ1) is 11.5. The molecule has 0 aromatic heterocycles.